The minimum absolute atomic E-state index is 0.00285. The van der Waals surface area contributed by atoms with Crippen LogP contribution in [-0.2, 0) is 4.74 Å². The number of dihydropyridines is 1. The van der Waals surface area contributed by atoms with Crippen LogP contribution in [0, 0.1) is 5.41 Å². The maximum absolute atomic E-state index is 13.6. The molecule has 2 atom stereocenters. The van der Waals surface area contributed by atoms with Crippen LogP contribution in [0.2, 0.25) is 0 Å². The molecule has 216 valence electrons. The van der Waals surface area contributed by atoms with Gasteiger partial charge in [-0.25, -0.2) is 0 Å². The zero-order valence-electron chi connectivity index (χ0n) is 23.9. The fraction of sp³-hybridized carbons (Fsp3) is 0.438. The largest absolute Gasteiger partial charge is 0.507 e. The fourth-order valence-electron chi connectivity index (χ4n) is 6.24. The van der Waals surface area contributed by atoms with Gasteiger partial charge in [0.2, 0.25) is 0 Å². The summed E-state index contributed by atoms with van der Waals surface area (Å²) < 4.78 is 11.1. The molecule has 4 aliphatic rings. The normalized spacial score (nSPS) is 24.8. The van der Waals surface area contributed by atoms with Crippen LogP contribution < -0.4 is 10.1 Å². The molecule has 2 unspecified atom stereocenters. The Morgan fingerprint density at radius 2 is 1.80 bits per heavy atom. The van der Waals surface area contributed by atoms with Crippen molar-refractivity contribution in [3.63, 3.8) is 0 Å². The van der Waals surface area contributed by atoms with Gasteiger partial charge in [0, 0.05) is 70.3 Å². The number of nitrogens with zero attached hydrogens (tertiary/aromatic N) is 4. The molecule has 0 aliphatic carbocycles. The molecule has 2 aromatic carbocycles. The van der Waals surface area contributed by atoms with Gasteiger partial charge < -0.3 is 24.8 Å². The van der Waals surface area contributed by atoms with E-state index in [4.69, 9.17) is 14.5 Å². The van der Waals surface area contributed by atoms with Gasteiger partial charge in [-0.15, -0.1) is 0 Å². The molecule has 9 heteroatoms. The van der Waals surface area contributed by atoms with Gasteiger partial charge in [0.1, 0.15) is 17.7 Å². The van der Waals surface area contributed by atoms with Crippen LogP contribution in [0.25, 0.3) is 11.1 Å². The Labute approximate surface area is 241 Å². The highest BCUT2D eigenvalue weighted by molar-refractivity contribution is 6.12. The van der Waals surface area contributed by atoms with E-state index in [2.05, 4.69) is 34.2 Å². The summed E-state index contributed by atoms with van der Waals surface area (Å²) in [5, 5.41) is 14.1. The highest BCUT2D eigenvalue weighted by Gasteiger charge is 2.43. The van der Waals surface area contributed by atoms with Crippen LogP contribution in [0.4, 0.5) is 0 Å². The number of phenols is 1. The number of benzene rings is 2. The summed E-state index contributed by atoms with van der Waals surface area (Å²) in [7, 11) is 1.68. The van der Waals surface area contributed by atoms with E-state index in [9.17, 15) is 9.90 Å². The first-order chi connectivity index (χ1) is 20.0. The minimum Gasteiger partial charge on any atom is -0.507 e. The van der Waals surface area contributed by atoms with Crippen molar-refractivity contribution in [2.24, 2.45) is 10.4 Å². The van der Waals surface area contributed by atoms with Gasteiger partial charge in [-0.05, 0) is 41.8 Å². The third kappa shape index (κ3) is 5.49. The van der Waals surface area contributed by atoms with Crippen molar-refractivity contribution in [2.45, 2.75) is 13.1 Å². The molecule has 2 N–H and O–H groups in total. The lowest BCUT2D eigenvalue weighted by Crippen LogP contribution is -2.51. The maximum atomic E-state index is 13.6. The number of methoxy groups -OCH3 is 1. The zero-order chi connectivity index (χ0) is 28.4. The standard InChI is InChI=1S/C32H39N5O4/c1-32-20-24(21-33-31(32)34-22-27(32)25-5-3-4-6-29(25)40-2)23-7-8-28(38)26(19-23)30(39)37-13-11-35(12-14-37)9-10-36-15-17-41-18-16-36/h3-8,19-22,31,34,38H,9-18H2,1-2H3. The smallest absolute Gasteiger partial charge is 0.257 e. The van der Waals surface area contributed by atoms with Crippen LogP contribution in [0.3, 0.4) is 0 Å². The van der Waals surface area contributed by atoms with E-state index in [1.807, 2.05) is 41.6 Å². The molecule has 2 fully saturated rings. The van der Waals surface area contributed by atoms with Gasteiger partial charge >= 0.3 is 0 Å². The van der Waals surface area contributed by atoms with Crippen molar-refractivity contribution in [3.8, 4) is 11.5 Å². The summed E-state index contributed by atoms with van der Waals surface area (Å²) in [6, 6.07) is 13.3. The molecule has 0 aromatic heterocycles. The molecule has 6 rings (SSSR count). The van der Waals surface area contributed by atoms with E-state index in [-0.39, 0.29) is 17.8 Å². The molecule has 0 bridgehead atoms. The van der Waals surface area contributed by atoms with Crippen molar-refractivity contribution < 1.29 is 19.4 Å². The molecular weight excluding hydrogens is 518 g/mol. The number of hydrogen-bond donors (Lipinski definition) is 2. The van der Waals surface area contributed by atoms with E-state index in [0.29, 0.717) is 18.7 Å². The van der Waals surface area contributed by atoms with E-state index < -0.39 is 5.41 Å². The Bertz CT molecular complexity index is 1370. The Morgan fingerprint density at radius 1 is 1.07 bits per heavy atom. The highest BCUT2D eigenvalue weighted by atomic mass is 16.5. The van der Waals surface area contributed by atoms with Gasteiger partial charge in [0.25, 0.3) is 5.91 Å². The lowest BCUT2D eigenvalue weighted by atomic mass is 9.75. The number of ether oxygens (including phenoxy) is 2. The predicted octanol–water partition coefficient (Wildman–Crippen LogP) is 2.94. The Kier molecular flexibility index (Phi) is 7.84. The second-order valence-electron chi connectivity index (χ2n) is 11.3. The minimum atomic E-state index is -0.418. The second-order valence-corrected chi connectivity index (χ2v) is 11.3. The molecule has 0 radical (unpaired) electrons. The number of piperazine rings is 1. The van der Waals surface area contributed by atoms with Crippen LogP contribution in [0.1, 0.15) is 28.4 Å². The van der Waals surface area contributed by atoms with Gasteiger partial charge in [0.05, 0.1) is 31.3 Å². The maximum Gasteiger partial charge on any atom is 0.257 e. The van der Waals surface area contributed by atoms with Crippen LogP contribution >= 0.6 is 0 Å². The van der Waals surface area contributed by atoms with Gasteiger partial charge in [-0.3, -0.25) is 19.6 Å². The number of aliphatic imine (C=N–C) groups is 1. The third-order valence-corrected chi connectivity index (χ3v) is 8.81. The molecule has 0 spiro atoms. The number of rotatable bonds is 7. The summed E-state index contributed by atoms with van der Waals surface area (Å²) in [5.74, 6) is 0.681. The zero-order valence-corrected chi connectivity index (χ0v) is 23.9. The molecule has 41 heavy (non-hydrogen) atoms. The Hall–Kier alpha value is -3.66. The topological polar surface area (TPSA) is 89.9 Å². The summed E-state index contributed by atoms with van der Waals surface area (Å²) in [5.41, 5.74) is 3.79. The molecule has 0 saturated carbocycles. The molecule has 4 heterocycles. The summed E-state index contributed by atoms with van der Waals surface area (Å²) in [4.78, 5) is 25.1. The number of phenolic OH excluding ortho intramolecular Hbond substituents is 1. The number of aromatic hydroxyl groups is 1. The van der Waals surface area contributed by atoms with Gasteiger partial charge in [0.15, 0.2) is 0 Å². The van der Waals surface area contributed by atoms with Crippen molar-refractivity contribution in [2.75, 3.05) is 72.7 Å². The summed E-state index contributed by atoms with van der Waals surface area (Å²) >= 11 is 0. The van der Waals surface area contributed by atoms with Crippen LogP contribution in [-0.4, -0.2) is 111 Å². The van der Waals surface area contributed by atoms with Gasteiger partial charge in [-0.1, -0.05) is 30.3 Å². The van der Waals surface area contributed by atoms with E-state index in [1.165, 1.54) is 0 Å². The molecule has 9 nitrogen and oxygen atoms in total. The third-order valence-electron chi connectivity index (χ3n) is 8.81. The highest BCUT2D eigenvalue weighted by Crippen LogP contribution is 2.48. The van der Waals surface area contributed by atoms with Crippen molar-refractivity contribution in [1.82, 2.24) is 20.0 Å². The molecule has 4 aliphatic heterocycles. The number of carbonyl (C=O) groups is 1. The first kappa shape index (κ1) is 27.5. The molecule has 2 aromatic rings. The van der Waals surface area contributed by atoms with E-state index in [0.717, 1.165) is 80.5 Å². The average molecular weight is 558 g/mol. The predicted molar refractivity (Wildman–Crippen MR) is 160 cm³/mol. The molecule has 1 amide bonds. The first-order valence-electron chi connectivity index (χ1n) is 14.5. The second kappa shape index (κ2) is 11.7. The van der Waals surface area contributed by atoms with E-state index >= 15 is 0 Å². The number of hydrogen-bond acceptors (Lipinski definition) is 8. The van der Waals surface area contributed by atoms with Crippen molar-refractivity contribution >= 4 is 23.3 Å². The number of carbonyl (C=O) groups excluding carboxylic acids is 1. The Balaban J connectivity index is 1.16. The Morgan fingerprint density at radius 3 is 2.56 bits per heavy atom. The van der Waals surface area contributed by atoms with Crippen molar-refractivity contribution in [1.29, 1.82) is 0 Å². The number of amides is 1. The molecular formula is C32H39N5O4. The van der Waals surface area contributed by atoms with Crippen molar-refractivity contribution in [3.05, 3.63) is 71.4 Å². The first-order valence-corrected chi connectivity index (χ1v) is 14.5. The summed E-state index contributed by atoms with van der Waals surface area (Å²) in [6.45, 7) is 10.7. The van der Waals surface area contributed by atoms with Crippen LogP contribution in [0.5, 0.6) is 11.5 Å². The average Bonchev–Trinajstić information content (AvgIpc) is 3.36. The van der Waals surface area contributed by atoms with Crippen LogP contribution in [0.15, 0.2) is 59.7 Å². The molecule has 2 saturated heterocycles. The lowest BCUT2D eigenvalue weighted by molar-refractivity contribution is 0.0293. The number of para-hydroxylation sites is 1. The van der Waals surface area contributed by atoms with Gasteiger partial charge in [-0.2, -0.15) is 0 Å². The lowest BCUT2D eigenvalue weighted by Gasteiger charge is -2.36. The summed E-state index contributed by atoms with van der Waals surface area (Å²) in [6.07, 6.45) is 5.94. The fourth-order valence-corrected chi connectivity index (χ4v) is 6.24. The quantitative estimate of drug-likeness (QED) is 0.541. The van der Waals surface area contributed by atoms with E-state index in [1.54, 1.807) is 19.2 Å². The monoisotopic (exact) mass is 557 g/mol. The number of nitrogens with one attached hydrogen (secondary N) is 1. The number of morpholine rings is 1. The SMILES string of the molecule is COc1ccccc1C1=CNC2N=CC(c3ccc(O)c(C(=O)N4CCN(CCN5CCOCC5)CC4)c3)=CC12C. The number of fused-ring (bicyclic) bond motifs is 1. The number of allylic oxidation sites excluding steroid dienone is 1.